The Kier molecular flexibility index (Phi) is 5.91. The molecule has 0 saturated carbocycles. The third kappa shape index (κ3) is 4.65. The van der Waals surface area contributed by atoms with E-state index in [-0.39, 0.29) is 18.5 Å². The number of rotatable bonds is 6. The van der Waals surface area contributed by atoms with E-state index in [2.05, 4.69) is 32.9 Å². The van der Waals surface area contributed by atoms with E-state index in [1.165, 1.54) is 9.78 Å². The molecular formula is C14H22N6O2S. The van der Waals surface area contributed by atoms with Gasteiger partial charge in [-0.05, 0) is 13.8 Å². The molecule has 0 aromatic carbocycles. The number of thiazole rings is 1. The van der Waals surface area contributed by atoms with Gasteiger partial charge < -0.3 is 16.0 Å². The number of aryl methyl sites for hydroxylation is 2. The second kappa shape index (κ2) is 7.91. The summed E-state index contributed by atoms with van der Waals surface area (Å²) in [6.45, 7) is 5.65. The number of urea groups is 1. The van der Waals surface area contributed by atoms with Gasteiger partial charge in [-0.2, -0.15) is 0 Å². The van der Waals surface area contributed by atoms with Crippen LogP contribution >= 0.6 is 11.3 Å². The number of amides is 3. The van der Waals surface area contributed by atoms with Crippen molar-refractivity contribution in [2.24, 2.45) is 4.99 Å². The van der Waals surface area contributed by atoms with Crippen molar-refractivity contribution in [3.05, 3.63) is 15.6 Å². The van der Waals surface area contributed by atoms with E-state index >= 15 is 0 Å². The average Bonchev–Trinajstić information content (AvgIpc) is 3.01. The van der Waals surface area contributed by atoms with Crippen molar-refractivity contribution in [2.75, 3.05) is 33.2 Å². The molecule has 0 spiro atoms. The molecule has 126 valence electrons. The van der Waals surface area contributed by atoms with Crippen molar-refractivity contribution in [3.8, 4) is 0 Å². The first-order valence-corrected chi connectivity index (χ1v) is 8.28. The van der Waals surface area contributed by atoms with Gasteiger partial charge in [0.25, 0.3) is 0 Å². The highest BCUT2D eigenvalue weighted by atomic mass is 32.1. The summed E-state index contributed by atoms with van der Waals surface area (Å²) in [6, 6.07) is -0.339. The van der Waals surface area contributed by atoms with Crippen molar-refractivity contribution >= 4 is 29.2 Å². The summed E-state index contributed by atoms with van der Waals surface area (Å²) >= 11 is 1.71. The lowest BCUT2D eigenvalue weighted by Crippen LogP contribution is -2.43. The Bertz CT molecular complexity index is 577. The predicted molar refractivity (Wildman–Crippen MR) is 89.8 cm³/mol. The maximum atomic E-state index is 11.5. The molecule has 2 rings (SSSR count). The van der Waals surface area contributed by atoms with Gasteiger partial charge in [0.05, 0.1) is 17.2 Å². The molecule has 1 aliphatic rings. The lowest BCUT2D eigenvalue weighted by atomic mass is 10.4. The molecule has 1 saturated heterocycles. The molecule has 9 heteroatoms. The van der Waals surface area contributed by atoms with E-state index in [0.29, 0.717) is 19.0 Å². The molecule has 3 N–H and O–H groups in total. The summed E-state index contributed by atoms with van der Waals surface area (Å²) in [5, 5.41) is 9.87. The quantitative estimate of drug-likeness (QED) is 0.386. The molecule has 0 bridgehead atoms. The number of hydrogen-bond donors (Lipinski definition) is 3. The fourth-order valence-corrected chi connectivity index (χ4v) is 3.06. The number of aromatic nitrogens is 1. The minimum Gasteiger partial charge on any atom is -0.356 e. The smallest absolute Gasteiger partial charge is 0.324 e. The number of carbonyl (C=O) groups excluding carboxylic acids is 2. The molecule has 8 nitrogen and oxygen atoms in total. The second-order valence-electron chi connectivity index (χ2n) is 5.13. The fourth-order valence-electron chi connectivity index (χ4n) is 2.12. The summed E-state index contributed by atoms with van der Waals surface area (Å²) in [7, 11) is 1.68. The number of carbonyl (C=O) groups is 2. The van der Waals surface area contributed by atoms with Crippen LogP contribution in [-0.4, -0.2) is 61.0 Å². The van der Waals surface area contributed by atoms with Crippen molar-refractivity contribution in [2.45, 2.75) is 20.3 Å². The zero-order valence-corrected chi connectivity index (χ0v) is 14.4. The Balaban J connectivity index is 1.69. The second-order valence-corrected chi connectivity index (χ2v) is 6.42. The summed E-state index contributed by atoms with van der Waals surface area (Å²) in [5.74, 6) is 0.441. The molecule has 1 fully saturated rings. The normalized spacial score (nSPS) is 15.1. The van der Waals surface area contributed by atoms with Crippen LogP contribution in [0.15, 0.2) is 4.99 Å². The Hall–Kier alpha value is -2.16. The molecule has 0 aliphatic carbocycles. The number of aliphatic imine (C=N–C) groups is 1. The Morgan fingerprint density at radius 1 is 1.35 bits per heavy atom. The fraction of sp³-hybridized carbons (Fsp3) is 0.571. The van der Waals surface area contributed by atoms with E-state index in [4.69, 9.17) is 0 Å². The van der Waals surface area contributed by atoms with Crippen LogP contribution in [0.4, 0.5) is 4.79 Å². The largest absolute Gasteiger partial charge is 0.356 e. The van der Waals surface area contributed by atoms with Crippen LogP contribution in [0.1, 0.15) is 15.6 Å². The minimum atomic E-state index is -0.339. The van der Waals surface area contributed by atoms with E-state index in [9.17, 15) is 9.59 Å². The molecule has 0 radical (unpaired) electrons. The van der Waals surface area contributed by atoms with Gasteiger partial charge in [-0.25, -0.2) is 9.78 Å². The van der Waals surface area contributed by atoms with Crippen LogP contribution in [0, 0.1) is 13.8 Å². The number of imide groups is 1. The van der Waals surface area contributed by atoms with Gasteiger partial charge >= 0.3 is 6.03 Å². The third-order valence-corrected chi connectivity index (χ3v) is 4.63. The Labute approximate surface area is 139 Å². The highest BCUT2D eigenvalue weighted by Gasteiger charge is 2.27. The molecule has 1 aliphatic heterocycles. The van der Waals surface area contributed by atoms with Crippen LogP contribution in [0.2, 0.25) is 0 Å². The van der Waals surface area contributed by atoms with Crippen molar-refractivity contribution < 1.29 is 9.59 Å². The summed E-state index contributed by atoms with van der Waals surface area (Å²) < 4.78 is 0. The van der Waals surface area contributed by atoms with E-state index in [1.54, 1.807) is 18.4 Å². The molecular weight excluding hydrogens is 316 g/mol. The van der Waals surface area contributed by atoms with Gasteiger partial charge in [-0.15, -0.1) is 11.3 Å². The first-order valence-electron chi connectivity index (χ1n) is 7.47. The minimum absolute atomic E-state index is 0.0818. The molecule has 1 aromatic rings. The van der Waals surface area contributed by atoms with E-state index in [1.807, 2.05) is 6.92 Å². The number of guanidine groups is 1. The van der Waals surface area contributed by atoms with Gasteiger partial charge in [0, 0.05) is 38.0 Å². The van der Waals surface area contributed by atoms with Crippen LogP contribution in [-0.2, 0) is 11.2 Å². The first-order chi connectivity index (χ1) is 11.0. The van der Waals surface area contributed by atoms with Gasteiger partial charge in [-0.1, -0.05) is 0 Å². The van der Waals surface area contributed by atoms with Crippen molar-refractivity contribution in [1.29, 1.82) is 0 Å². The molecule has 23 heavy (non-hydrogen) atoms. The number of nitrogens with one attached hydrogen (secondary N) is 3. The Morgan fingerprint density at radius 2 is 2.09 bits per heavy atom. The average molecular weight is 338 g/mol. The van der Waals surface area contributed by atoms with Crippen molar-refractivity contribution in [3.63, 3.8) is 0 Å². The maximum Gasteiger partial charge on any atom is 0.324 e. The van der Waals surface area contributed by atoms with E-state index < -0.39 is 0 Å². The molecule has 0 unspecified atom stereocenters. The lowest BCUT2D eigenvalue weighted by Gasteiger charge is -2.15. The maximum absolute atomic E-state index is 11.5. The highest BCUT2D eigenvalue weighted by Crippen LogP contribution is 2.16. The lowest BCUT2D eigenvalue weighted by molar-refractivity contribution is -0.124. The van der Waals surface area contributed by atoms with E-state index in [0.717, 1.165) is 23.7 Å². The topological polar surface area (TPSA) is 98.7 Å². The van der Waals surface area contributed by atoms with Crippen LogP contribution in [0.25, 0.3) is 0 Å². The summed E-state index contributed by atoms with van der Waals surface area (Å²) in [6.07, 6.45) is 0.826. The zero-order valence-electron chi connectivity index (χ0n) is 13.6. The summed E-state index contributed by atoms with van der Waals surface area (Å²) in [4.78, 5) is 33.9. The van der Waals surface area contributed by atoms with Gasteiger partial charge in [0.15, 0.2) is 5.96 Å². The van der Waals surface area contributed by atoms with Crippen molar-refractivity contribution in [1.82, 2.24) is 25.8 Å². The third-order valence-electron chi connectivity index (χ3n) is 3.49. The molecule has 1 aromatic heterocycles. The monoisotopic (exact) mass is 338 g/mol. The van der Waals surface area contributed by atoms with Crippen LogP contribution in [0.3, 0.4) is 0 Å². The highest BCUT2D eigenvalue weighted by molar-refractivity contribution is 7.11. The number of hydrogen-bond acceptors (Lipinski definition) is 5. The first kappa shape index (κ1) is 17.2. The van der Waals surface area contributed by atoms with Crippen LogP contribution < -0.4 is 16.0 Å². The predicted octanol–water partition coefficient (Wildman–Crippen LogP) is 0.0192. The van der Waals surface area contributed by atoms with Gasteiger partial charge in [0.2, 0.25) is 5.91 Å². The summed E-state index contributed by atoms with van der Waals surface area (Å²) in [5.41, 5.74) is 1.08. The molecule has 0 atom stereocenters. The Morgan fingerprint density at radius 3 is 2.65 bits per heavy atom. The standard InChI is InChI=1S/C14H22N6O2S/c1-9-10(2)23-11(19-9)4-5-16-13(15-3)17-6-7-20-12(21)8-18-14(20)22/h4-8H2,1-3H3,(H,18,22)(H2,15,16,17). The van der Waals surface area contributed by atoms with Crippen LogP contribution in [0.5, 0.6) is 0 Å². The molecule has 2 heterocycles. The molecule has 3 amide bonds. The zero-order chi connectivity index (χ0) is 16.8. The van der Waals surface area contributed by atoms with Gasteiger partial charge in [0.1, 0.15) is 0 Å². The van der Waals surface area contributed by atoms with Gasteiger partial charge in [-0.3, -0.25) is 14.7 Å². The SMILES string of the molecule is CN=C(NCCc1nc(C)c(C)s1)NCCN1C(=O)CNC1=O. The number of nitrogens with zero attached hydrogens (tertiary/aromatic N) is 3.